The van der Waals surface area contributed by atoms with E-state index in [0.717, 1.165) is 38.5 Å². The molecule has 0 saturated carbocycles. The van der Waals surface area contributed by atoms with E-state index in [2.05, 4.69) is 33.8 Å². The van der Waals surface area contributed by atoms with Gasteiger partial charge in [-0.2, -0.15) is 0 Å². The Morgan fingerprint density at radius 1 is 1.18 bits per heavy atom. The van der Waals surface area contributed by atoms with Gasteiger partial charge < -0.3 is 14.6 Å². The molecule has 6 atom stereocenters. The van der Waals surface area contributed by atoms with Gasteiger partial charge in [0.2, 0.25) is 0 Å². The number of aliphatic hydroxyl groups is 1. The van der Waals surface area contributed by atoms with E-state index in [9.17, 15) is 5.11 Å². The smallest absolute Gasteiger partial charge is 0.164 e. The maximum atomic E-state index is 10.5. The number of allylic oxidation sites excluding steroid dienone is 2. The fourth-order valence-electron chi connectivity index (χ4n) is 3.98. The second-order valence-corrected chi connectivity index (χ2v) is 7.24. The molecule has 0 radical (unpaired) electrons. The molecule has 0 bridgehead atoms. The second-order valence-electron chi connectivity index (χ2n) is 7.24. The summed E-state index contributed by atoms with van der Waals surface area (Å²) >= 11 is 0. The van der Waals surface area contributed by atoms with E-state index >= 15 is 0 Å². The molecular weight excluding hydrogens is 276 g/mol. The van der Waals surface area contributed by atoms with Crippen LogP contribution in [0.1, 0.15) is 72.6 Å². The number of unbranched alkanes of at least 4 members (excludes halogenated alkanes) is 1. The Bertz CT molecular complexity index is 366. The van der Waals surface area contributed by atoms with E-state index in [1.54, 1.807) is 0 Å². The summed E-state index contributed by atoms with van der Waals surface area (Å²) in [6.45, 7) is 8.81. The van der Waals surface area contributed by atoms with Crippen molar-refractivity contribution < 1.29 is 14.6 Å². The highest BCUT2D eigenvalue weighted by molar-refractivity contribution is 5.07. The maximum absolute atomic E-state index is 10.5. The summed E-state index contributed by atoms with van der Waals surface area (Å²) in [6.07, 6.45) is 9.18. The van der Waals surface area contributed by atoms with Gasteiger partial charge in [-0.05, 0) is 38.5 Å². The van der Waals surface area contributed by atoms with Crippen molar-refractivity contribution in [3.8, 4) is 0 Å². The third-order valence-corrected chi connectivity index (χ3v) is 5.33. The zero-order valence-corrected chi connectivity index (χ0v) is 14.8. The summed E-state index contributed by atoms with van der Waals surface area (Å²) in [4.78, 5) is 0. The number of aliphatic hydroxyl groups excluding tert-OH is 1. The summed E-state index contributed by atoms with van der Waals surface area (Å²) in [5.41, 5.74) is 1.46. The molecule has 2 aliphatic rings. The molecule has 6 unspecified atom stereocenters. The topological polar surface area (TPSA) is 38.7 Å². The monoisotopic (exact) mass is 310 g/mol. The Labute approximate surface area is 136 Å². The molecule has 2 rings (SSSR count). The summed E-state index contributed by atoms with van der Waals surface area (Å²) in [7, 11) is 0. The minimum atomic E-state index is -0.667. The van der Waals surface area contributed by atoms with Crippen molar-refractivity contribution in [3.63, 3.8) is 0 Å². The molecule has 0 aromatic carbocycles. The molecule has 0 aromatic heterocycles. The van der Waals surface area contributed by atoms with Gasteiger partial charge in [0.05, 0.1) is 6.10 Å². The maximum Gasteiger partial charge on any atom is 0.164 e. The Morgan fingerprint density at radius 3 is 2.59 bits per heavy atom. The molecule has 3 heteroatoms. The molecule has 0 amide bonds. The van der Waals surface area contributed by atoms with E-state index in [4.69, 9.17) is 9.47 Å². The van der Waals surface area contributed by atoms with Crippen LogP contribution in [0.2, 0.25) is 0 Å². The molecule has 1 aliphatic heterocycles. The van der Waals surface area contributed by atoms with Crippen molar-refractivity contribution in [2.75, 3.05) is 0 Å². The number of rotatable bonds is 6. The highest BCUT2D eigenvalue weighted by Crippen LogP contribution is 2.39. The van der Waals surface area contributed by atoms with Gasteiger partial charge in [0, 0.05) is 11.8 Å². The van der Waals surface area contributed by atoms with Gasteiger partial charge in [-0.3, -0.25) is 0 Å². The lowest BCUT2D eigenvalue weighted by Crippen LogP contribution is -2.50. The van der Waals surface area contributed by atoms with Crippen LogP contribution in [0.5, 0.6) is 0 Å². The van der Waals surface area contributed by atoms with Crippen LogP contribution >= 0.6 is 0 Å². The molecule has 0 spiro atoms. The number of hydrogen-bond donors (Lipinski definition) is 1. The molecular formula is C19H34O3. The van der Waals surface area contributed by atoms with Gasteiger partial charge in [0.1, 0.15) is 0 Å². The predicted molar refractivity (Wildman–Crippen MR) is 89.3 cm³/mol. The second kappa shape index (κ2) is 8.47. The van der Waals surface area contributed by atoms with E-state index in [1.807, 2.05) is 0 Å². The molecule has 0 aromatic rings. The lowest BCUT2D eigenvalue weighted by Gasteiger charge is -2.44. The van der Waals surface area contributed by atoms with Crippen LogP contribution in [-0.4, -0.2) is 23.8 Å². The molecule has 22 heavy (non-hydrogen) atoms. The lowest BCUT2D eigenvalue weighted by molar-refractivity contribution is -0.340. The highest BCUT2D eigenvalue weighted by Gasteiger charge is 2.42. The van der Waals surface area contributed by atoms with Crippen LogP contribution in [-0.2, 0) is 9.47 Å². The van der Waals surface area contributed by atoms with E-state index in [0.29, 0.717) is 11.8 Å². The highest BCUT2D eigenvalue weighted by atomic mass is 16.7. The van der Waals surface area contributed by atoms with Crippen LogP contribution in [0.3, 0.4) is 0 Å². The first-order valence-electron chi connectivity index (χ1n) is 9.23. The SMILES string of the molecule is CCCCC1OC(C2CCC(C)=CC2C)OC(O)C1CCC. The molecule has 1 fully saturated rings. The van der Waals surface area contributed by atoms with Crippen LogP contribution in [0.4, 0.5) is 0 Å². The fraction of sp³-hybridized carbons (Fsp3) is 0.895. The molecule has 128 valence electrons. The first-order chi connectivity index (χ1) is 10.6. The van der Waals surface area contributed by atoms with E-state index in [-0.39, 0.29) is 18.3 Å². The van der Waals surface area contributed by atoms with Gasteiger partial charge in [-0.15, -0.1) is 0 Å². The van der Waals surface area contributed by atoms with E-state index < -0.39 is 6.29 Å². The normalized spacial score (nSPS) is 39.6. The van der Waals surface area contributed by atoms with Gasteiger partial charge in [0.25, 0.3) is 0 Å². The van der Waals surface area contributed by atoms with Crippen molar-refractivity contribution in [3.05, 3.63) is 11.6 Å². The van der Waals surface area contributed by atoms with Gasteiger partial charge >= 0.3 is 0 Å². The van der Waals surface area contributed by atoms with Crippen molar-refractivity contribution >= 4 is 0 Å². The van der Waals surface area contributed by atoms with Crippen LogP contribution in [0, 0.1) is 17.8 Å². The zero-order chi connectivity index (χ0) is 16.1. The third-order valence-electron chi connectivity index (χ3n) is 5.33. The Hall–Kier alpha value is -0.380. The lowest BCUT2D eigenvalue weighted by atomic mass is 9.81. The van der Waals surface area contributed by atoms with Crippen LogP contribution in [0.25, 0.3) is 0 Å². The van der Waals surface area contributed by atoms with Crippen LogP contribution < -0.4 is 0 Å². The summed E-state index contributed by atoms with van der Waals surface area (Å²) in [5.74, 6) is 0.953. The average Bonchev–Trinajstić information content (AvgIpc) is 2.47. The first kappa shape index (κ1) is 18.0. The van der Waals surface area contributed by atoms with Gasteiger partial charge in [0.15, 0.2) is 12.6 Å². The predicted octanol–water partition coefficient (Wildman–Crippen LogP) is 4.65. The number of hydrogen-bond acceptors (Lipinski definition) is 3. The quantitative estimate of drug-likeness (QED) is 0.726. The van der Waals surface area contributed by atoms with Crippen molar-refractivity contribution in [2.24, 2.45) is 17.8 Å². The minimum Gasteiger partial charge on any atom is -0.368 e. The average molecular weight is 310 g/mol. The zero-order valence-electron chi connectivity index (χ0n) is 14.8. The number of ether oxygens (including phenoxy) is 2. The summed E-state index contributed by atoms with van der Waals surface area (Å²) < 4.78 is 12.3. The molecule has 1 aliphatic carbocycles. The van der Waals surface area contributed by atoms with Crippen molar-refractivity contribution in [1.29, 1.82) is 0 Å². The Morgan fingerprint density at radius 2 is 1.95 bits per heavy atom. The summed E-state index contributed by atoms with van der Waals surface area (Å²) in [6, 6.07) is 0. The van der Waals surface area contributed by atoms with E-state index in [1.165, 1.54) is 12.0 Å². The first-order valence-corrected chi connectivity index (χ1v) is 9.23. The largest absolute Gasteiger partial charge is 0.368 e. The van der Waals surface area contributed by atoms with Crippen molar-refractivity contribution in [1.82, 2.24) is 0 Å². The minimum absolute atomic E-state index is 0.129. The van der Waals surface area contributed by atoms with Gasteiger partial charge in [-0.1, -0.05) is 51.7 Å². The Balaban J connectivity index is 2.05. The molecule has 1 N–H and O–H groups in total. The van der Waals surface area contributed by atoms with Gasteiger partial charge in [-0.25, -0.2) is 0 Å². The third kappa shape index (κ3) is 4.33. The molecule has 1 saturated heterocycles. The van der Waals surface area contributed by atoms with Crippen LogP contribution in [0.15, 0.2) is 11.6 Å². The Kier molecular flexibility index (Phi) is 6.91. The van der Waals surface area contributed by atoms with Crippen molar-refractivity contribution in [2.45, 2.75) is 91.3 Å². The molecule has 3 nitrogen and oxygen atoms in total. The standard InChI is InChI=1S/C19H34O3/c1-5-7-9-17-16(8-6-2)18(20)22-19(21-17)15-11-10-13(3)12-14(15)4/h12,14-20H,5-11H2,1-4H3. The molecule has 1 heterocycles. The summed E-state index contributed by atoms with van der Waals surface area (Å²) in [5, 5.41) is 10.5. The fourth-order valence-corrected chi connectivity index (χ4v) is 3.98.